The van der Waals surface area contributed by atoms with Gasteiger partial charge in [-0.15, -0.1) is 0 Å². The number of nitrogens with zero attached hydrogens (tertiary/aromatic N) is 1. The Hall–Kier alpha value is -2.69. The zero-order chi connectivity index (χ0) is 16.7. The maximum absolute atomic E-state index is 12.3. The van der Waals surface area contributed by atoms with Crippen LogP contribution in [0.3, 0.4) is 0 Å². The smallest absolute Gasteiger partial charge is 0.243 e. The Morgan fingerprint density at radius 3 is 2.35 bits per heavy atom. The molecule has 1 amide bonds. The van der Waals surface area contributed by atoms with Crippen LogP contribution in [-0.2, 0) is 4.79 Å². The fourth-order valence-corrected chi connectivity index (χ4v) is 2.31. The molecule has 0 atom stereocenters. The molecule has 0 spiro atoms. The molecule has 0 saturated carbocycles. The summed E-state index contributed by atoms with van der Waals surface area (Å²) in [6.07, 6.45) is 0. The Morgan fingerprint density at radius 1 is 1.04 bits per heavy atom. The van der Waals surface area contributed by atoms with E-state index in [2.05, 4.69) is 5.32 Å². The Kier molecular flexibility index (Phi) is 5.86. The van der Waals surface area contributed by atoms with Crippen LogP contribution in [0.2, 0.25) is 0 Å². The van der Waals surface area contributed by atoms with Gasteiger partial charge < -0.3 is 19.7 Å². The standard InChI is InChI=1S/C18H22N2O3/c1-4-20(16-7-5-6-8-17(16)23-3)13-18(21)19-14-9-11-15(22-2)12-10-14/h5-12H,4,13H2,1-3H3,(H,19,21). The molecule has 2 rings (SSSR count). The third kappa shape index (κ3) is 4.39. The molecule has 0 unspecified atom stereocenters. The van der Waals surface area contributed by atoms with Crippen LogP contribution in [0.1, 0.15) is 6.92 Å². The topological polar surface area (TPSA) is 50.8 Å². The zero-order valence-electron chi connectivity index (χ0n) is 13.7. The number of carbonyl (C=O) groups excluding carboxylic acids is 1. The van der Waals surface area contributed by atoms with Crippen LogP contribution < -0.4 is 19.7 Å². The summed E-state index contributed by atoms with van der Waals surface area (Å²) in [5, 5.41) is 2.89. The number of benzene rings is 2. The molecule has 23 heavy (non-hydrogen) atoms. The highest BCUT2D eigenvalue weighted by Crippen LogP contribution is 2.27. The quantitative estimate of drug-likeness (QED) is 0.853. The lowest BCUT2D eigenvalue weighted by Crippen LogP contribution is -2.33. The third-order valence-corrected chi connectivity index (χ3v) is 3.52. The van der Waals surface area contributed by atoms with Crippen molar-refractivity contribution in [1.29, 1.82) is 0 Å². The highest BCUT2D eigenvalue weighted by Gasteiger charge is 2.14. The van der Waals surface area contributed by atoms with Crippen molar-refractivity contribution in [2.75, 3.05) is 37.5 Å². The average Bonchev–Trinajstić information content (AvgIpc) is 2.60. The number of methoxy groups -OCH3 is 2. The van der Waals surface area contributed by atoms with E-state index in [0.717, 1.165) is 22.9 Å². The van der Waals surface area contributed by atoms with E-state index in [4.69, 9.17) is 9.47 Å². The predicted molar refractivity (Wildman–Crippen MR) is 92.5 cm³/mol. The van der Waals surface area contributed by atoms with Gasteiger partial charge in [-0.1, -0.05) is 12.1 Å². The summed E-state index contributed by atoms with van der Waals surface area (Å²) in [5.41, 5.74) is 1.65. The van der Waals surface area contributed by atoms with Crippen molar-refractivity contribution < 1.29 is 14.3 Å². The number of amides is 1. The molecule has 2 aromatic rings. The second-order valence-corrected chi connectivity index (χ2v) is 4.96. The Morgan fingerprint density at radius 2 is 1.74 bits per heavy atom. The van der Waals surface area contributed by atoms with Crippen molar-refractivity contribution >= 4 is 17.3 Å². The monoisotopic (exact) mass is 314 g/mol. The number of hydrogen-bond donors (Lipinski definition) is 1. The molecule has 0 fully saturated rings. The second kappa shape index (κ2) is 8.08. The Labute approximate surface area is 136 Å². The van der Waals surface area contributed by atoms with Gasteiger partial charge in [0.1, 0.15) is 11.5 Å². The number of likely N-dealkylation sites (N-methyl/N-ethyl adjacent to an activating group) is 1. The van der Waals surface area contributed by atoms with Crippen LogP contribution in [0.5, 0.6) is 11.5 Å². The van der Waals surface area contributed by atoms with Gasteiger partial charge in [0.2, 0.25) is 5.91 Å². The molecule has 5 heteroatoms. The first-order chi connectivity index (χ1) is 11.2. The van der Waals surface area contributed by atoms with E-state index < -0.39 is 0 Å². The van der Waals surface area contributed by atoms with E-state index in [-0.39, 0.29) is 12.5 Å². The molecule has 122 valence electrons. The molecule has 5 nitrogen and oxygen atoms in total. The summed E-state index contributed by atoms with van der Waals surface area (Å²) in [4.78, 5) is 14.3. The first-order valence-electron chi connectivity index (χ1n) is 7.49. The molecule has 0 aliphatic carbocycles. The van der Waals surface area contributed by atoms with Crippen molar-refractivity contribution in [3.8, 4) is 11.5 Å². The molecule has 0 aliphatic rings. The summed E-state index contributed by atoms with van der Waals surface area (Å²) >= 11 is 0. The lowest BCUT2D eigenvalue weighted by Gasteiger charge is -2.24. The SMILES string of the molecule is CCN(CC(=O)Nc1ccc(OC)cc1)c1ccccc1OC. The van der Waals surface area contributed by atoms with E-state index >= 15 is 0 Å². The molecule has 0 aliphatic heterocycles. The number of para-hydroxylation sites is 2. The molecule has 0 radical (unpaired) electrons. The van der Waals surface area contributed by atoms with Gasteiger partial charge >= 0.3 is 0 Å². The van der Waals surface area contributed by atoms with Gasteiger partial charge in [-0.05, 0) is 43.3 Å². The summed E-state index contributed by atoms with van der Waals surface area (Å²) in [6.45, 7) is 2.96. The zero-order valence-corrected chi connectivity index (χ0v) is 13.7. The van der Waals surface area contributed by atoms with Crippen LogP contribution in [0.4, 0.5) is 11.4 Å². The van der Waals surface area contributed by atoms with E-state index in [0.29, 0.717) is 6.54 Å². The maximum Gasteiger partial charge on any atom is 0.243 e. The predicted octanol–water partition coefficient (Wildman–Crippen LogP) is 3.17. The largest absolute Gasteiger partial charge is 0.497 e. The second-order valence-electron chi connectivity index (χ2n) is 4.96. The van der Waals surface area contributed by atoms with Gasteiger partial charge in [0.15, 0.2) is 0 Å². The molecular weight excluding hydrogens is 292 g/mol. The van der Waals surface area contributed by atoms with Crippen molar-refractivity contribution in [2.45, 2.75) is 6.92 Å². The number of nitrogens with one attached hydrogen (secondary N) is 1. The Balaban J connectivity index is 2.04. The minimum atomic E-state index is -0.0806. The van der Waals surface area contributed by atoms with Crippen molar-refractivity contribution in [3.63, 3.8) is 0 Å². The highest BCUT2D eigenvalue weighted by atomic mass is 16.5. The van der Waals surface area contributed by atoms with Crippen LogP contribution in [-0.4, -0.2) is 33.2 Å². The normalized spacial score (nSPS) is 10.0. The van der Waals surface area contributed by atoms with Crippen LogP contribution in [0.15, 0.2) is 48.5 Å². The van der Waals surface area contributed by atoms with Gasteiger partial charge in [-0.3, -0.25) is 4.79 Å². The lowest BCUT2D eigenvalue weighted by molar-refractivity contribution is -0.115. The summed E-state index contributed by atoms with van der Waals surface area (Å²) in [5.74, 6) is 1.43. The lowest BCUT2D eigenvalue weighted by atomic mass is 10.2. The van der Waals surface area contributed by atoms with Crippen LogP contribution in [0, 0.1) is 0 Å². The molecule has 1 N–H and O–H groups in total. The molecule has 0 aromatic heterocycles. The number of carbonyl (C=O) groups is 1. The van der Waals surface area contributed by atoms with E-state index in [1.165, 1.54) is 0 Å². The minimum Gasteiger partial charge on any atom is -0.497 e. The number of anilines is 2. The van der Waals surface area contributed by atoms with Crippen molar-refractivity contribution in [3.05, 3.63) is 48.5 Å². The summed E-state index contributed by atoms with van der Waals surface area (Å²) in [7, 11) is 3.24. The van der Waals surface area contributed by atoms with Gasteiger partial charge in [0, 0.05) is 12.2 Å². The van der Waals surface area contributed by atoms with E-state index in [1.807, 2.05) is 60.4 Å². The van der Waals surface area contributed by atoms with Crippen molar-refractivity contribution in [1.82, 2.24) is 0 Å². The number of rotatable bonds is 7. The third-order valence-electron chi connectivity index (χ3n) is 3.52. The number of hydrogen-bond acceptors (Lipinski definition) is 4. The van der Waals surface area contributed by atoms with Gasteiger partial charge in [0.25, 0.3) is 0 Å². The van der Waals surface area contributed by atoms with Gasteiger partial charge in [0.05, 0.1) is 26.5 Å². The maximum atomic E-state index is 12.3. The molecule has 0 bridgehead atoms. The average molecular weight is 314 g/mol. The summed E-state index contributed by atoms with van der Waals surface area (Å²) in [6, 6.07) is 14.9. The summed E-state index contributed by atoms with van der Waals surface area (Å²) < 4.78 is 10.5. The van der Waals surface area contributed by atoms with E-state index in [1.54, 1.807) is 14.2 Å². The fourth-order valence-electron chi connectivity index (χ4n) is 2.31. The number of ether oxygens (including phenoxy) is 2. The molecule has 0 saturated heterocycles. The fraction of sp³-hybridized carbons (Fsp3) is 0.278. The van der Waals surface area contributed by atoms with Gasteiger partial charge in [-0.2, -0.15) is 0 Å². The Bertz CT molecular complexity index is 641. The molecule has 2 aromatic carbocycles. The molecular formula is C18H22N2O3. The van der Waals surface area contributed by atoms with Crippen LogP contribution in [0.25, 0.3) is 0 Å². The first-order valence-corrected chi connectivity index (χ1v) is 7.49. The first kappa shape index (κ1) is 16.7. The molecule has 0 heterocycles. The van der Waals surface area contributed by atoms with Crippen molar-refractivity contribution in [2.24, 2.45) is 0 Å². The van der Waals surface area contributed by atoms with E-state index in [9.17, 15) is 4.79 Å². The van der Waals surface area contributed by atoms with Crippen LogP contribution >= 0.6 is 0 Å². The highest BCUT2D eigenvalue weighted by molar-refractivity contribution is 5.94. The minimum absolute atomic E-state index is 0.0806. The van der Waals surface area contributed by atoms with Gasteiger partial charge in [-0.25, -0.2) is 0 Å².